The van der Waals surface area contributed by atoms with E-state index in [1.54, 1.807) is 0 Å². The molecule has 0 N–H and O–H groups in total. The average molecular weight is 128 g/mol. The number of rotatable bonds is 0. The molecule has 0 bridgehead atoms. The van der Waals surface area contributed by atoms with Crippen LogP contribution in [0, 0.1) is 0 Å². The van der Waals surface area contributed by atoms with E-state index in [0.717, 1.165) is 0 Å². The first-order valence-corrected chi connectivity index (χ1v) is 3.67. The molecule has 2 aliphatic rings. The highest BCUT2D eigenvalue weighted by Crippen LogP contribution is 2.32. The second kappa shape index (κ2) is 1.96. The van der Waals surface area contributed by atoms with Crippen molar-refractivity contribution >= 4 is 0 Å². The molecule has 2 atom stereocenters. The van der Waals surface area contributed by atoms with Gasteiger partial charge in [-0.25, -0.2) is 0 Å². The molecule has 0 spiro atoms. The molecule has 9 heavy (non-hydrogen) atoms. The zero-order valence-corrected chi connectivity index (χ0v) is 5.67. The fourth-order valence-electron chi connectivity index (χ4n) is 1.73. The molecule has 1 saturated heterocycles. The van der Waals surface area contributed by atoms with Crippen LogP contribution < -0.4 is 0 Å². The Balaban J connectivity index is 2.02. The van der Waals surface area contributed by atoms with E-state index in [2.05, 4.69) is 0 Å². The lowest BCUT2D eigenvalue weighted by Gasteiger charge is -2.02. The summed E-state index contributed by atoms with van der Waals surface area (Å²) in [5, 5.41) is 0. The third kappa shape index (κ3) is 0.864. The fourth-order valence-corrected chi connectivity index (χ4v) is 1.73. The van der Waals surface area contributed by atoms with Crippen LogP contribution >= 0.6 is 0 Å². The summed E-state index contributed by atoms with van der Waals surface area (Å²) in [7, 11) is 0. The van der Waals surface area contributed by atoms with Crippen LogP contribution in [0.3, 0.4) is 0 Å². The van der Waals surface area contributed by atoms with Crippen LogP contribution in [0.2, 0.25) is 0 Å². The highest BCUT2D eigenvalue weighted by Gasteiger charge is 2.37. The maximum absolute atomic E-state index is 5.46. The first-order chi connectivity index (χ1) is 4.36. The molecule has 0 unspecified atom stereocenters. The van der Waals surface area contributed by atoms with Crippen LogP contribution in [-0.4, -0.2) is 18.5 Å². The van der Waals surface area contributed by atoms with Crippen molar-refractivity contribution in [1.82, 2.24) is 0 Å². The minimum absolute atomic E-state index is 0.0558. The molecule has 0 aromatic heterocycles. The number of ether oxygens (including phenoxy) is 2. The van der Waals surface area contributed by atoms with Gasteiger partial charge < -0.3 is 9.47 Å². The molecule has 2 heteroatoms. The molecule has 52 valence electrons. The summed E-state index contributed by atoms with van der Waals surface area (Å²) >= 11 is 0. The third-order valence-corrected chi connectivity index (χ3v) is 2.12. The van der Waals surface area contributed by atoms with Crippen LogP contribution in [0.4, 0.5) is 0 Å². The SMILES string of the molecule is CC1O[C@H]2CCC[C@@H]2O1. The number of hydrogen-bond acceptors (Lipinski definition) is 2. The molecule has 0 amide bonds. The maximum atomic E-state index is 5.46. The fraction of sp³-hybridized carbons (Fsp3) is 1.00. The van der Waals surface area contributed by atoms with Crippen LogP contribution in [-0.2, 0) is 9.47 Å². The minimum atomic E-state index is 0.0558. The second-order valence-electron chi connectivity index (χ2n) is 2.85. The molecular formula is C7H12O2. The largest absolute Gasteiger partial charge is 0.347 e. The Bertz CT molecular complexity index is 101. The van der Waals surface area contributed by atoms with Crippen molar-refractivity contribution in [2.45, 2.75) is 44.7 Å². The first kappa shape index (κ1) is 5.69. The minimum Gasteiger partial charge on any atom is -0.347 e. The van der Waals surface area contributed by atoms with Gasteiger partial charge in [-0.15, -0.1) is 0 Å². The quantitative estimate of drug-likeness (QED) is 0.489. The summed E-state index contributed by atoms with van der Waals surface area (Å²) in [4.78, 5) is 0. The van der Waals surface area contributed by atoms with Crippen molar-refractivity contribution in [3.05, 3.63) is 0 Å². The lowest BCUT2D eigenvalue weighted by Crippen LogP contribution is -2.13. The molecule has 1 heterocycles. The van der Waals surface area contributed by atoms with Gasteiger partial charge in [0.1, 0.15) is 0 Å². The molecule has 2 nitrogen and oxygen atoms in total. The van der Waals surface area contributed by atoms with Crippen molar-refractivity contribution < 1.29 is 9.47 Å². The third-order valence-electron chi connectivity index (χ3n) is 2.12. The van der Waals surface area contributed by atoms with Gasteiger partial charge in [0.15, 0.2) is 6.29 Å². The van der Waals surface area contributed by atoms with E-state index in [9.17, 15) is 0 Å². The predicted octanol–water partition coefficient (Wildman–Crippen LogP) is 1.30. The van der Waals surface area contributed by atoms with Crippen molar-refractivity contribution in [1.29, 1.82) is 0 Å². The highest BCUT2D eigenvalue weighted by molar-refractivity contribution is 4.82. The molecule has 2 rings (SSSR count). The first-order valence-electron chi connectivity index (χ1n) is 3.67. The van der Waals surface area contributed by atoms with Gasteiger partial charge >= 0.3 is 0 Å². The summed E-state index contributed by atoms with van der Waals surface area (Å²) in [5.74, 6) is 0. The van der Waals surface area contributed by atoms with Gasteiger partial charge in [-0.3, -0.25) is 0 Å². The summed E-state index contributed by atoms with van der Waals surface area (Å²) in [6.07, 6.45) is 4.60. The van der Waals surface area contributed by atoms with Gasteiger partial charge in [0.25, 0.3) is 0 Å². The average Bonchev–Trinajstić information content (AvgIpc) is 2.22. The Morgan fingerprint density at radius 1 is 1.11 bits per heavy atom. The topological polar surface area (TPSA) is 18.5 Å². The maximum Gasteiger partial charge on any atom is 0.155 e. The lowest BCUT2D eigenvalue weighted by atomic mass is 10.3. The van der Waals surface area contributed by atoms with Gasteiger partial charge in [-0.1, -0.05) is 0 Å². The van der Waals surface area contributed by atoms with Gasteiger partial charge in [0.2, 0.25) is 0 Å². The molecule has 1 aliphatic heterocycles. The predicted molar refractivity (Wildman–Crippen MR) is 33.1 cm³/mol. The van der Waals surface area contributed by atoms with E-state index in [1.165, 1.54) is 19.3 Å². The monoisotopic (exact) mass is 128 g/mol. The van der Waals surface area contributed by atoms with E-state index in [1.807, 2.05) is 6.92 Å². The van der Waals surface area contributed by atoms with Crippen LogP contribution in [0.5, 0.6) is 0 Å². The Hall–Kier alpha value is -0.0800. The van der Waals surface area contributed by atoms with Gasteiger partial charge in [-0.05, 0) is 26.2 Å². The Morgan fingerprint density at radius 3 is 2.22 bits per heavy atom. The van der Waals surface area contributed by atoms with Gasteiger partial charge in [0, 0.05) is 0 Å². The van der Waals surface area contributed by atoms with E-state index in [0.29, 0.717) is 12.2 Å². The van der Waals surface area contributed by atoms with Gasteiger partial charge in [-0.2, -0.15) is 0 Å². The van der Waals surface area contributed by atoms with Gasteiger partial charge in [0.05, 0.1) is 12.2 Å². The normalized spacial score (nSPS) is 43.7. The molecule has 0 radical (unpaired) electrons. The van der Waals surface area contributed by atoms with Crippen LogP contribution in [0.15, 0.2) is 0 Å². The van der Waals surface area contributed by atoms with Crippen molar-refractivity contribution in [3.63, 3.8) is 0 Å². The highest BCUT2D eigenvalue weighted by atomic mass is 16.7. The summed E-state index contributed by atoms with van der Waals surface area (Å²) in [6, 6.07) is 0. The van der Waals surface area contributed by atoms with Crippen LogP contribution in [0.25, 0.3) is 0 Å². The standard InChI is InChI=1S/C7H12O2/c1-5-8-6-3-2-4-7(6)9-5/h5-7H,2-4H2,1H3/t6-,7-/m0/s1. The number of hydrogen-bond donors (Lipinski definition) is 0. The molecule has 2 fully saturated rings. The second-order valence-corrected chi connectivity index (χ2v) is 2.85. The Labute approximate surface area is 55.1 Å². The molecule has 0 aromatic rings. The zero-order valence-electron chi connectivity index (χ0n) is 5.67. The Kier molecular flexibility index (Phi) is 1.24. The van der Waals surface area contributed by atoms with Crippen molar-refractivity contribution in [2.75, 3.05) is 0 Å². The van der Waals surface area contributed by atoms with E-state index in [4.69, 9.17) is 9.47 Å². The summed E-state index contributed by atoms with van der Waals surface area (Å²) in [5.41, 5.74) is 0. The smallest absolute Gasteiger partial charge is 0.155 e. The summed E-state index contributed by atoms with van der Waals surface area (Å²) in [6.45, 7) is 1.97. The van der Waals surface area contributed by atoms with E-state index >= 15 is 0 Å². The van der Waals surface area contributed by atoms with Crippen molar-refractivity contribution in [3.8, 4) is 0 Å². The molecule has 1 saturated carbocycles. The van der Waals surface area contributed by atoms with E-state index < -0.39 is 0 Å². The molecular weight excluding hydrogens is 116 g/mol. The molecule has 0 aromatic carbocycles. The lowest BCUT2D eigenvalue weighted by molar-refractivity contribution is -0.0574. The summed E-state index contributed by atoms with van der Waals surface area (Å²) < 4.78 is 10.9. The van der Waals surface area contributed by atoms with Crippen molar-refractivity contribution in [2.24, 2.45) is 0 Å². The van der Waals surface area contributed by atoms with E-state index in [-0.39, 0.29) is 6.29 Å². The number of fused-ring (bicyclic) bond motifs is 1. The van der Waals surface area contributed by atoms with Crippen LogP contribution in [0.1, 0.15) is 26.2 Å². The zero-order chi connectivity index (χ0) is 6.27. The molecule has 1 aliphatic carbocycles. The Morgan fingerprint density at radius 2 is 1.67 bits per heavy atom.